The number of rotatable bonds is 7. The van der Waals surface area contributed by atoms with Crippen LogP contribution in [0.4, 0.5) is 0 Å². The topological polar surface area (TPSA) is 85.5 Å². The van der Waals surface area contributed by atoms with Crippen LogP contribution in [-0.4, -0.2) is 57.6 Å². The van der Waals surface area contributed by atoms with Crippen LogP contribution in [0.5, 0.6) is 11.5 Å². The molecule has 0 radical (unpaired) electrons. The number of phenolic OH excluding ortho intramolecular Hbond substituents is 1. The van der Waals surface area contributed by atoms with Crippen molar-refractivity contribution in [2.24, 2.45) is 0 Å². The van der Waals surface area contributed by atoms with Crippen molar-refractivity contribution >= 4 is 0 Å². The number of phenols is 1. The smallest absolute Gasteiger partial charge is 0.173 e. The molecule has 1 aromatic heterocycles. The molecule has 1 aliphatic heterocycles. The largest absolute Gasteiger partial charge is 0.508 e. The highest BCUT2D eigenvalue weighted by Crippen LogP contribution is 2.38. The van der Waals surface area contributed by atoms with Gasteiger partial charge in [0.15, 0.2) is 5.82 Å². The van der Waals surface area contributed by atoms with E-state index >= 15 is 0 Å². The highest BCUT2D eigenvalue weighted by atomic mass is 16.5. The lowest BCUT2D eigenvalue weighted by molar-refractivity contribution is 0.168. The first-order valence-electron chi connectivity index (χ1n) is 9.64. The Kier molecular flexibility index (Phi) is 5.73. The number of fused-ring (bicyclic) bond motifs is 1. The normalized spacial score (nSPS) is 15.1. The molecule has 3 aromatic rings. The second kappa shape index (κ2) is 8.59. The number of aromatic nitrogens is 4. The van der Waals surface area contributed by atoms with Gasteiger partial charge in [-0.3, -0.25) is 4.90 Å². The van der Waals surface area contributed by atoms with Crippen molar-refractivity contribution in [3.63, 3.8) is 0 Å². The van der Waals surface area contributed by atoms with Crippen molar-refractivity contribution in [3.8, 4) is 11.5 Å². The third kappa shape index (κ3) is 3.94. The SMILES string of the molecule is COCCn1nnnc1C(c1ccc(O)cc1OC)N1CCc2ccccc2C1. The first-order valence-corrected chi connectivity index (χ1v) is 9.64. The number of ether oxygens (including phenoxy) is 2. The Hall–Kier alpha value is -2.97. The summed E-state index contributed by atoms with van der Waals surface area (Å²) in [6.07, 6.45) is 0.951. The molecule has 0 fully saturated rings. The summed E-state index contributed by atoms with van der Waals surface area (Å²) in [5, 5.41) is 22.4. The molecule has 1 aliphatic rings. The Morgan fingerprint density at radius 3 is 2.76 bits per heavy atom. The van der Waals surface area contributed by atoms with Crippen LogP contribution in [0.25, 0.3) is 0 Å². The first-order chi connectivity index (χ1) is 14.2. The number of aromatic hydroxyl groups is 1. The van der Waals surface area contributed by atoms with E-state index < -0.39 is 0 Å². The summed E-state index contributed by atoms with van der Waals surface area (Å²) in [6.45, 7) is 2.71. The Bertz CT molecular complexity index is 974. The van der Waals surface area contributed by atoms with Gasteiger partial charge in [-0.2, -0.15) is 0 Å². The molecule has 4 rings (SSSR count). The van der Waals surface area contributed by atoms with E-state index in [4.69, 9.17) is 9.47 Å². The molecule has 1 unspecified atom stereocenters. The van der Waals surface area contributed by atoms with Crippen molar-refractivity contribution in [2.75, 3.05) is 27.4 Å². The fourth-order valence-electron chi connectivity index (χ4n) is 3.91. The molecule has 8 nitrogen and oxygen atoms in total. The highest BCUT2D eigenvalue weighted by molar-refractivity contribution is 5.44. The van der Waals surface area contributed by atoms with Gasteiger partial charge in [-0.25, -0.2) is 4.68 Å². The van der Waals surface area contributed by atoms with Crippen molar-refractivity contribution < 1.29 is 14.6 Å². The molecule has 0 aliphatic carbocycles. The monoisotopic (exact) mass is 395 g/mol. The lowest BCUT2D eigenvalue weighted by Gasteiger charge is -2.35. The van der Waals surface area contributed by atoms with Crippen LogP contribution in [0, 0.1) is 0 Å². The maximum absolute atomic E-state index is 9.94. The van der Waals surface area contributed by atoms with Gasteiger partial charge in [0.05, 0.1) is 20.3 Å². The highest BCUT2D eigenvalue weighted by Gasteiger charge is 2.32. The van der Waals surface area contributed by atoms with Crippen molar-refractivity contribution in [1.29, 1.82) is 0 Å². The number of tetrazole rings is 1. The maximum Gasteiger partial charge on any atom is 0.173 e. The van der Waals surface area contributed by atoms with Crippen molar-refractivity contribution in [1.82, 2.24) is 25.1 Å². The zero-order valence-corrected chi connectivity index (χ0v) is 16.7. The van der Waals surface area contributed by atoms with Crippen LogP contribution in [0.1, 0.15) is 28.6 Å². The minimum Gasteiger partial charge on any atom is -0.508 e. The molecule has 0 saturated carbocycles. The minimum atomic E-state index is -0.217. The van der Waals surface area contributed by atoms with Gasteiger partial charge in [0, 0.05) is 31.8 Å². The maximum atomic E-state index is 9.94. The molecular weight excluding hydrogens is 370 g/mol. The van der Waals surface area contributed by atoms with Gasteiger partial charge in [-0.05, 0) is 40.1 Å². The van der Waals surface area contributed by atoms with Crippen LogP contribution in [0.3, 0.4) is 0 Å². The first kappa shape index (κ1) is 19.4. The molecule has 1 N–H and O–H groups in total. The van der Waals surface area contributed by atoms with Gasteiger partial charge in [0.1, 0.15) is 17.5 Å². The van der Waals surface area contributed by atoms with Gasteiger partial charge in [-0.1, -0.05) is 24.3 Å². The van der Waals surface area contributed by atoms with E-state index in [-0.39, 0.29) is 11.8 Å². The Morgan fingerprint density at radius 2 is 1.97 bits per heavy atom. The van der Waals surface area contributed by atoms with Gasteiger partial charge < -0.3 is 14.6 Å². The lowest BCUT2D eigenvalue weighted by Crippen LogP contribution is -2.36. The number of hydrogen-bond donors (Lipinski definition) is 1. The average molecular weight is 395 g/mol. The molecule has 2 heterocycles. The van der Waals surface area contributed by atoms with Crippen LogP contribution >= 0.6 is 0 Å². The number of methoxy groups -OCH3 is 2. The number of nitrogens with zero attached hydrogens (tertiary/aromatic N) is 5. The second-order valence-electron chi connectivity index (χ2n) is 7.07. The summed E-state index contributed by atoms with van der Waals surface area (Å²) >= 11 is 0. The summed E-state index contributed by atoms with van der Waals surface area (Å²) in [6, 6.07) is 13.5. The van der Waals surface area contributed by atoms with Gasteiger partial charge in [0.25, 0.3) is 0 Å². The molecule has 1 atom stereocenters. The molecule has 0 amide bonds. The van der Waals surface area contributed by atoms with Crippen molar-refractivity contribution in [2.45, 2.75) is 25.6 Å². The fourth-order valence-corrected chi connectivity index (χ4v) is 3.91. The van der Waals surface area contributed by atoms with Gasteiger partial charge in [-0.15, -0.1) is 5.10 Å². The van der Waals surface area contributed by atoms with Crippen LogP contribution in [-0.2, 0) is 24.2 Å². The molecule has 152 valence electrons. The van der Waals surface area contributed by atoms with E-state index in [1.807, 2.05) is 6.07 Å². The van der Waals surface area contributed by atoms with Crippen LogP contribution < -0.4 is 4.74 Å². The Balaban J connectivity index is 1.78. The Morgan fingerprint density at radius 1 is 1.14 bits per heavy atom. The lowest BCUT2D eigenvalue weighted by atomic mass is 9.95. The number of hydrogen-bond acceptors (Lipinski definition) is 7. The standard InChI is InChI=1S/C21H25N5O3/c1-28-12-11-26-21(22-23-24-26)20(18-8-7-17(27)13-19(18)29-2)25-10-9-15-5-3-4-6-16(15)14-25/h3-8,13,20,27H,9-12,14H2,1-2H3. The quantitative estimate of drug-likeness (QED) is 0.656. The second-order valence-corrected chi connectivity index (χ2v) is 7.07. The Labute approximate surface area is 169 Å². The average Bonchev–Trinajstić information content (AvgIpc) is 3.21. The fraction of sp³-hybridized carbons (Fsp3) is 0.381. The van der Waals surface area contributed by atoms with E-state index in [9.17, 15) is 5.11 Å². The number of benzene rings is 2. The van der Waals surface area contributed by atoms with E-state index in [0.29, 0.717) is 18.9 Å². The molecule has 0 bridgehead atoms. The van der Waals surface area contributed by atoms with Crippen LogP contribution in [0.15, 0.2) is 42.5 Å². The van der Waals surface area contributed by atoms with Gasteiger partial charge in [0.2, 0.25) is 0 Å². The molecule has 29 heavy (non-hydrogen) atoms. The molecular formula is C21H25N5O3. The molecule has 0 saturated heterocycles. The zero-order valence-electron chi connectivity index (χ0n) is 16.7. The molecule has 8 heteroatoms. The predicted octanol–water partition coefficient (Wildman–Crippen LogP) is 2.18. The van der Waals surface area contributed by atoms with E-state index in [2.05, 4.69) is 44.7 Å². The van der Waals surface area contributed by atoms with Gasteiger partial charge >= 0.3 is 0 Å². The zero-order chi connectivity index (χ0) is 20.2. The third-order valence-electron chi connectivity index (χ3n) is 5.35. The van der Waals surface area contributed by atoms with Crippen molar-refractivity contribution in [3.05, 3.63) is 65.0 Å². The minimum absolute atomic E-state index is 0.160. The predicted molar refractivity (Wildman–Crippen MR) is 107 cm³/mol. The molecule has 0 spiro atoms. The summed E-state index contributed by atoms with van der Waals surface area (Å²) in [5.74, 6) is 1.49. The summed E-state index contributed by atoms with van der Waals surface area (Å²) in [7, 11) is 3.26. The summed E-state index contributed by atoms with van der Waals surface area (Å²) in [4.78, 5) is 2.35. The van der Waals surface area contributed by atoms with E-state index in [1.165, 1.54) is 11.1 Å². The van der Waals surface area contributed by atoms with E-state index in [1.54, 1.807) is 31.0 Å². The summed E-state index contributed by atoms with van der Waals surface area (Å²) < 4.78 is 12.6. The van der Waals surface area contributed by atoms with Crippen LogP contribution in [0.2, 0.25) is 0 Å². The van der Waals surface area contributed by atoms with E-state index in [0.717, 1.165) is 30.9 Å². The molecule has 2 aromatic carbocycles. The third-order valence-corrected chi connectivity index (χ3v) is 5.35. The summed E-state index contributed by atoms with van der Waals surface area (Å²) in [5.41, 5.74) is 3.59.